The van der Waals surface area contributed by atoms with Crippen molar-refractivity contribution >= 4 is 38.6 Å². The first-order valence-corrected chi connectivity index (χ1v) is 12.6. The van der Waals surface area contributed by atoms with Crippen molar-refractivity contribution in [1.29, 1.82) is 0 Å². The van der Waals surface area contributed by atoms with E-state index in [0.717, 1.165) is 15.6 Å². The van der Waals surface area contributed by atoms with Gasteiger partial charge in [0.1, 0.15) is 22.3 Å². The molecule has 1 aromatic heterocycles. The number of thiophene rings is 1. The molecule has 0 saturated carbocycles. The maximum Gasteiger partial charge on any atom is 0.274 e. The van der Waals surface area contributed by atoms with Gasteiger partial charge in [0.05, 0.1) is 18.5 Å². The van der Waals surface area contributed by atoms with Crippen LogP contribution >= 0.6 is 11.3 Å². The van der Waals surface area contributed by atoms with Crippen molar-refractivity contribution in [3.05, 3.63) is 96.4 Å². The molecule has 0 aliphatic carbocycles. The second kappa shape index (κ2) is 10.4. The quantitative estimate of drug-likeness (QED) is 0.338. The third kappa shape index (κ3) is 5.22. The third-order valence-corrected chi connectivity index (χ3v) is 7.95. The average Bonchev–Trinajstić information content (AvgIpc) is 3.40. The van der Waals surface area contributed by atoms with Crippen molar-refractivity contribution in [1.82, 2.24) is 0 Å². The van der Waals surface area contributed by atoms with E-state index >= 15 is 0 Å². The van der Waals surface area contributed by atoms with Crippen molar-refractivity contribution in [3.8, 4) is 17.2 Å². The van der Waals surface area contributed by atoms with E-state index in [0.29, 0.717) is 22.9 Å². The van der Waals surface area contributed by atoms with E-state index in [1.165, 1.54) is 13.2 Å². The van der Waals surface area contributed by atoms with E-state index in [-0.39, 0.29) is 9.90 Å². The molecule has 174 valence electrons. The second-order valence-electron chi connectivity index (χ2n) is 7.08. The van der Waals surface area contributed by atoms with Crippen LogP contribution in [-0.4, -0.2) is 28.0 Å². The molecule has 0 atom stereocenters. The summed E-state index contributed by atoms with van der Waals surface area (Å²) in [5, 5.41) is 4.45. The monoisotopic (exact) mass is 494 g/mol. The fraction of sp³-hybridized carbons (Fsp3) is 0.0800. The standard InChI is InChI=1S/C25H22N2O5S2/c1-31-23-15-8-6-13-21(23)27(34(29,30)25-16-9-17-33-25)18-24(28)26-20-12-5-7-14-22(20)32-19-10-3-2-4-11-19/h2-17H,18H2,1H3,(H,26,28). The highest BCUT2D eigenvalue weighted by atomic mass is 32.2. The van der Waals surface area contributed by atoms with Gasteiger partial charge >= 0.3 is 0 Å². The van der Waals surface area contributed by atoms with Crippen LogP contribution in [0.15, 0.2) is 101 Å². The lowest BCUT2D eigenvalue weighted by Crippen LogP contribution is -2.38. The van der Waals surface area contributed by atoms with E-state index in [1.807, 2.05) is 18.2 Å². The maximum absolute atomic E-state index is 13.4. The number of rotatable bonds is 9. The summed E-state index contributed by atoms with van der Waals surface area (Å²) in [6.45, 7) is -0.458. The Kier molecular flexibility index (Phi) is 7.15. The highest BCUT2D eigenvalue weighted by molar-refractivity contribution is 7.94. The lowest BCUT2D eigenvalue weighted by Gasteiger charge is -2.25. The summed E-state index contributed by atoms with van der Waals surface area (Å²) in [5.41, 5.74) is 0.687. The smallest absolute Gasteiger partial charge is 0.274 e. The Labute approximate surface area is 202 Å². The van der Waals surface area contributed by atoms with E-state index < -0.39 is 22.5 Å². The number of carbonyl (C=O) groups excluding carboxylic acids is 1. The number of amides is 1. The summed E-state index contributed by atoms with van der Waals surface area (Å²) in [5.74, 6) is 0.852. The molecule has 0 bridgehead atoms. The van der Waals surface area contributed by atoms with Crippen molar-refractivity contribution in [2.75, 3.05) is 23.3 Å². The van der Waals surface area contributed by atoms with Crippen LogP contribution in [0.4, 0.5) is 11.4 Å². The predicted molar refractivity (Wildman–Crippen MR) is 133 cm³/mol. The number of benzene rings is 3. The molecule has 1 heterocycles. The molecule has 4 aromatic rings. The van der Waals surface area contributed by atoms with Gasteiger partial charge < -0.3 is 14.8 Å². The summed E-state index contributed by atoms with van der Waals surface area (Å²) in [6.07, 6.45) is 0. The lowest BCUT2D eigenvalue weighted by molar-refractivity contribution is -0.114. The number of para-hydroxylation sites is 5. The lowest BCUT2D eigenvalue weighted by atomic mass is 10.2. The summed E-state index contributed by atoms with van der Waals surface area (Å²) in [4.78, 5) is 13.1. The maximum atomic E-state index is 13.4. The number of hydrogen-bond donors (Lipinski definition) is 1. The normalized spacial score (nSPS) is 11.0. The van der Waals surface area contributed by atoms with Crippen LogP contribution in [-0.2, 0) is 14.8 Å². The Bertz CT molecular complexity index is 1360. The zero-order valence-corrected chi connectivity index (χ0v) is 19.9. The number of carbonyl (C=O) groups is 1. The first kappa shape index (κ1) is 23.3. The van der Waals surface area contributed by atoms with Gasteiger partial charge in [-0.05, 0) is 47.8 Å². The molecule has 0 fully saturated rings. The van der Waals surface area contributed by atoms with E-state index in [1.54, 1.807) is 72.1 Å². The minimum atomic E-state index is -4.01. The van der Waals surface area contributed by atoms with Crippen LogP contribution in [0.3, 0.4) is 0 Å². The number of nitrogens with one attached hydrogen (secondary N) is 1. The van der Waals surface area contributed by atoms with Gasteiger partial charge in [0.25, 0.3) is 10.0 Å². The summed E-state index contributed by atoms with van der Waals surface area (Å²) < 4.78 is 39.3. The largest absolute Gasteiger partial charge is 0.495 e. The van der Waals surface area contributed by atoms with Crippen molar-refractivity contribution in [2.24, 2.45) is 0 Å². The Hall–Kier alpha value is -3.82. The van der Waals surface area contributed by atoms with Crippen LogP contribution in [0.5, 0.6) is 17.2 Å². The molecule has 0 radical (unpaired) electrons. The molecule has 0 aliphatic heterocycles. The van der Waals surface area contributed by atoms with Crippen LogP contribution in [0.25, 0.3) is 0 Å². The van der Waals surface area contributed by atoms with Crippen LogP contribution < -0.4 is 19.1 Å². The SMILES string of the molecule is COc1ccccc1N(CC(=O)Nc1ccccc1Oc1ccccc1)S(=O)(=O)c1cccs1. The topological polar surface area (TPSA) is 84.9 Å². The molecule has 9 heteroatoms. The number of nitrogens with zero attached hydrogens (tertiary/aromatic N) is 1. The predicted octanol–water partition coefficient (Wildman–Crippen LogP) is 5.38. The Morgan fingerprint density at radius 3 is 2.26 bits per heavy atom. The fourth-order valence-electron chi connectivity index (χ4n) is 3.25. The van der Waals surface area contributed by atoms with Gasteiger partial charge in [-0.25, -0.2) is 8.42 Å². The highest BCUT2D eigenvalue weighted by Crippen LogP contribution is 2.34. The molecule has 0 saturated heterocycles. The van der Waals surface area contributed by atoms with Crippen molar-refractivity contribution in [3.63, 3.8) is 0 Å². The first-order valence-electron chi connectivity index (χ1n) is 10.3. The van der Waals surface area contributed by atoms with Crippen molar-refractivity contribution in [2.45, 2.75) is 4.21 Å². The van der Waals surface area contributed by atoms with Crippen LogP contribution in [0.1, 0.15) is 0 Å². The van der Waals surface area contributed by atoms with E-state index in [4.69, 9.17) is 9.47 Å². The fourth-order valence-corrected chi connectivity index (χ4v) is 5.79. The minimum absolute atomic E-state index is 0.124. The van der Waals surface area contributed by atoms with Gasteiger partial charge in [0, 0.05) is 0 Å². The van der Waals surface area contributed by atoms with Crippen LogP contribution in [0, 0.1) is 0 Å². The second-order valence-corrected chi connectivity index (χ2v) is 10.1. The molecule has 1 N–H and O–H groups in total. The number of hydrogen-bond acceptors (Lipinski definition) is 6. The first-order chi connectivity index (χ1) is 16.5. The van der Waals surface area contributed by atoms with Crippen molar-refractivity contribution < 1.29 is 22.7 Å². The van der Waals surface area contributed by atoms with Gasteiger partial charge in [-0.1, -0.05) is 48.5 Å². The van der Waals surface area contributed by atoms with E-state index in [2.05, 4.69) is 5.32 Å². The number of ether oxygens (including phenoxy) is 2. The zero-order chi connectivity index (χ0) is 24.0. The molecule has 0 spiro atoms. The Balaban J connectivity index is 1.63. The van der Waals surface area contributed by atoms with Gasteiger partial charge in [-0.2, -0.15) is 0 Å². The molecule has 7 nitrogen and oxygen atoms in total. The molecule has 34 heavy (non-hydrogen) atoms. The third-order valence-electron chi connectivity index (χ3n) is 4.81. The molecule has 4 rings (SSSR count). The minimum Gasteiger partial charge on any atom is -0.495 e. The number of methoxy groups -OCH3 is 1. The zero-order valence-electron chi connectivity index (χ0n) is 18.2. The Morgan fingerprint density at radius 1 is 0.882 bits per heavy atom. The Morgan fingerprint density at radius 2 is 1.56 bits per heavy atom. The number of sulfonamides is 1. The number of anilines is 2. The van der Waals surface area contributed by atoms with Gasteiger partial charge in [0.15, 0.2) is 5.75 Å². The summed E-state index contributed by atoms with van der Waals surface area (Å²) in [6, 6.07) is 26.0. The van der Waals surface area contributed by atoms with Gasteiger partial charge in [0.2, 0.25) is 5.91 Å². The average molecular weight is 495 g/mol. The highest BCUT2D eigenvalue weighted by Gasteiger charge is 2.30. The van der Waals surface area contributed by atoms with E-state index in [9.17, 15) is 13.2 Å². The molecular weight excluding hydrogens is 472 g/mol. The summed E-state index contributed by atoms with van der Waals surface area (Å²) in [7, 11) is -2.56. The summed E-state index contributed by atoms with van der Waals surface area (Å²) >= 11 is 1.08. The molecule has 0 unspecified atom stereocenters. The molecule has 1 amide bonds. The molecule has 3 aromatic carbocycles. The van der Waals surface area contributed by atoms with Gasteiger partial charge in [-0.3, -0.25) is 9.10 Å². The molecule has 0 aliphatic rings. The van der Waals surface area contributed by atoms with Crippen LogP contribution in [0.2, 0.25) is 0 Å². The van der Waals surface area contributed by atoms with Gasteiger partial charge in [-0.15, -0.1) is 11.3 Å². The molecular formula is C25H22N2O5S2.